The van der Waals surface area contributed by atoms with Gasteiger partial charge in [0.15, 0.2) is 0 Å². The molecule has 1 heterocycles. The van der Waals surface area contributed by atoms with Gasteiger partial charge in [0, 0.05) is 19.7 Å². The molecule has 1 unspecified atom stereocenters. The zero-order chi connectivity index (χ0) is 13.1. The second kappa shape index (κ2) is 5.65. The molecule has 1 atom stereocenters. The molecule has 0 saturated heterocycles. The van der Waals surface area contributed by atoms with E-state index < -0.39 is 0 Å². The molecule has 4 nitrogen and oxygen atoms in total. The summed E-state index contributed by atoms with van der Waals surface area (Å²) < 4.78 is 7.39. The van der Waals surface area contributed by atoms with Crippen molar-refractivity contribution in [3.05, 3.63) is 17.5 Å². The van der Waals surface area contributed by atoms with Gasteiger partial charge in [0.1, 0.15) is 0 Å². The van der Waals surface area contributed by atoms with Gasteiger partial charge in [-0.25, -0.2) is 0 Å². The molecule has 98 valence electrons. The molecular formula is C13H25N3O. The molecule has 0 aromatic carbocycles. The molecule has 0 aliphatic heterocycles. The van der Waals surface area contributed by atoms with Gasteiger partial charge in [-0.3, -0.25) is 4.68 Å². The normalized spacial score (nSPS) is 14.0. The third-order valence-electron chi connectivity index (χ3n) is 3.22. The summed E-state index contributed by atoms with van der Waals surface area (Å²) in [6.07, 6.45) is 1.85. The Balaban J connectivity index is 2.66. The number of nitrogens with two attached hydrogens (primary N) is 1. The van der Waals surface area contributed by atoms with Gasteiger partial charge in [0.2, 0.25) is 0 Å². The molecule has 0 amide bonds. The fourth-order valence-electron chi connectivity index (χ4n) is 1.87. The van der Waals surface area contributed by atoms with Gasteiger partial charge in [-0.05, 0) is 46.6 Å². The average molecular weight is 239 g/mol. The van der Waals surface area contributed by atoms with E-state index in [1.807, 2.05) is 11.6 Å². The number of hydrogen-bond acceptors (Lipinski definition) is 3. The maximum atomic E-state index is 6.23. The Bertz CT molecular complexity index is 358. The molecule has 17 heavy (non-hydrogen) atoms. The molecular weight excluding hydrogens is 214 g/mol. The van der Waals surface area contributed by atoms with Crippen LogP contribution in [-0.2, 0) is 11.3 Å². The van der Waals surface area contributed by atoms with Crippen molar-refractivity contribution < 1.29 is 4.74 Å². The summed E-state index contributed by atoms with van der Waals surface area (Å²) in [7, 11) is 1.74. The van der Waals surface area contributed by atoms with Gasteiger partial charge < -0.3 is 10.5 Å². The van der Waals surface area contributed by atoms with Gasteiger partial charge in [0.25, 0.3) is 0 Å². The van der Waals surface area contributed by atoms with E-state index in [1.54, 1.807) is 7.11 Å². The van der Waals surface area contributed by atoms with Crippen LogP contribution in [0.2, 0.25) is 0 Å². The lowest BCUT2D eigenvalue weighted by Crippen LogP contribution is -2.25. The molecule has 1 rings (SSSR count). The van der Waals surface area contributed by atoms with E-state index in [0.29, 0.717) is 0 Å². The van der Waals surface area contributed by atoms with Crippen LogP contribution in [0.3, 0.4) is 0 Å². The maximum Gasteiger partial charge on any atom is 0.0623 e. The Kier molecular flexibility index (Phi) is 4.71. The summed E-state index contributed by atoms with van der Waals surface area (Å²) in [5.74, 6) is 0. The Labute approximate surface area is 104 Å². The van der Waals surface area contributed by atoms with Crippen molar-refractivity contribution in [3.63, 3.8) is 0 Å². The van der Waals surface area contributed by atoms with Crippen LogP contribution >= 0.6 is 0 Å². The minimum Gasteiger partial charge on any atom is -0.379 e. The first kappa shape index (κ1) is 14.2. The zero-order valence-corrected chi connectivity index (χ0v) is 11.7. The molecule has 1 aromatic rings. The SMILES string of the molecule is CCn1nc(C)cc1C(N)CCC(C)(C)OC. The number of methoxy groups -OCH3 is 1. The third-order valence-corrected chi connectivity index (χ3v) is 3.22. The number of rotatable bonds is 6. The summed E-state index contributed by atoms with van der Waals surface area (Å²) in [6.45, 7) is 9.12. The van der Waals surface area contributed by atoms with Crippen LogP contribution in [0.1, 0.15) is 51.0 Å². The van der Waals surface area contributed by atoms with E-state index in [1.165, 1.54) is 0 Å². The minimum atomic E-state index is -0.107. The third kappa shape index (κ3) is 3.82. The summed E-state index contributed by atoms with van der Waals surface area (Å²) in [5, 5.41) is 4.42. The number of hydrogen-bond donors (Lipinski definition) is 1. The number of aromatic nitrogens is 2. The fraction of sp³-hybridized carbons (Fsp3) is 0.769. The van der Waals surface area contributed by atoms with Crippen LogP contribution in [0.4, 0.5) is 0 Å². The number of aryl methyl sites for hydroxylation is 2. The lowest BCUT2D eigenvalue weighted by atomic mass is 9.97. The summed E-state index contributed by atoms with van der Waals surface area (Å²) >= 11 is 0. The monoisotopic (exact) mass is 239 g/mol. The van der Waals surface area contributed by atoms with Crippen molar-refractivity contribution in [2.45, 2.75) is 58.7 Å². The highest BCUT2D eigenvalue weighted by molar-refractivity contribution is 5.12. The summed E-state index contributed by atoms with van der Waals surface area (Å²) in [4.78, 5) is 0. The topological polar surface area (TPSA) is 53.1 Å². The highest BCUT2D eigenvalue weighted by atomic mass is 16.5. The van der Waals surface area contributed by atoms with Crippen LogP contribution in [0, 0.1) is 6.92 Å². The average Bonchev–Trinajstić information content (AvgIpc) is 2.67. The predicted octanol–water partition coefficient (Wildman–Crippen LogP) is 2.42. The highest BCUT2D eigenvalue weighted by Gasteiger charge is 2.20. The molecule has 1 aromatic heterocycles. The van der Waals surface area contributed by atoms with E-state index in [4.69, 9.17) is 10.5 Å². The first-order valence-electron chi connectivity index (χ1n) is 6.24. The fourth-order valence-corrected chi connectivity index (χ4v) is 1.87. The molecule has 0 bridgehead atoms. The molecule has 4 heteroatoms. The van der Waals surface area contributed by atoms with E-state index >= 15 is 0 Å². The van der Waals surface area contributed by atoms with Crippen molar-refractivity contribution in [2.24, 2.45) is 5.73 Å². The molecule has 0 aliphatic carbocycles. The van der Waals surface area contributed by atoms with Crippen LogP contribution in [0.15, 0.2) is 6.07 Å². The second-order valence-electron chi connectivity index (χ2n) is 5.14. The first-order chi connectivity index (χ1) is 7.89. The maximum absolute atomic E-state index is 6.23. The van der Waals surface area contributed by atoms with Gasteiger partial charge >= 0.3 is 0 Å². The van der Waals surface area contributed by atoms with E-state index in [2.05, 4.69) is 31.9 Å². The smallest absolute Gasteiger partial charge is 0.0623 e. The van der Waals surface area contributed by atoms with Crippen molar-refractivity contribution in [1.82, 2.24) is 9.78 Å². The predicted molar refractivity (Wildman–Crippen MR) is 69.9 cm³/mol. The largest absolute Gasteiger partial charge is 0.379 e. The van der Waals surface area contributed by atoms with Crippen LogP contribution in [-0.4, -0.2) is 22.5 Å². The van der Waals surface area contributed by atoms with Gasteiger partial charge in [0.05, 0.1) is 17.0 Å². The molecule has 0 radical (unpaired) electrons. The van der Waals surface area contributed by atoms with Crippen LogP contribution in [0.25, 0.3) is 0 Å². The first-order valence-corrected chi connectivity index (χ1v) is 6.24. The van der Waals surface area contributed by atoms with Gasteiger partial charge in [-0.1, -0.05) is 0 Å². The van der Waals surface area contributed by atoms with Crippen molar-refractivity contribution in [2.75, 3.05) is 7.11 Å². The summed E-state index contributed by atoms with van der Waals surface area (Å²) in [5.41, 5.74) is 8.28. The molecule has 0 aliphatic rings. The highest BCUT2D eigenvalue weighted by Crippen LogP contribution is 2.23. The number of nitrogens with zero attached hydrogens (tertiary/aromatic N) is 2. The molecule has 0 spiro atoms. The Morgan fingerprint density at radius 3 is 2.71 bits per heavy atom. The quantitative estimate of drug-likeness (QED) is 0.829. The van der Waals surface area contributed by atoms with Gasteiger partial charge in [-0.2, -0.15) is 5.10 Å². The van der Waals surface area contributed by atoms with E-state index in [0.717, 1.165) is 30.8 Å². The Morgan fingerprint density at radius 1 is 1.53 bits per heavy atom. The van der Waals surface area contributed by atoms with Crippen molar-refractivity contribution >= 4 is 0 Å². The lowest BCUT2D eigenvalue weighted by molar-refractivity contribution is 0.0123. The van der Waals surface area contributed by atoms with Crippen LogP contribution in [0.5, 0.6) is 0 Å². The molecule has 0 saturated carbocycles. The lowest BCUT2D eigenvalue weighted by Gasteiger charge is -2.24. The van der Waals surface area contributed by atoms with Crippen molar-refractivity contribution in [3.8, 4) is 0 Å². The summed E-state index contributed by atoms with van der Waals surface area (Å²) in [6, 6.07) is 2.11. The van der Waals surface area contributed by atoms with Crippen molar-refractivity contribution in [1.29, 1.82) is 0 Å². The van der Waals surface area contributed by atoms with Gasteiger partial charge in [-0.15, -0.1) is 0 Å². The number of ether oxygens (including phenoxy) is 1. The Hall–Kier alpha value is -0.870. The second-order valence-corrected chi connectivity index (χ2v) is 5.14. The standard InChI is InChI=1S/C13H25N3O/c1-6-16-12(9-10(2)15-16)11(14)7-8-13(3,4)17-5/h9,11H,6-8,14H2,1-5H3. The molecule has 0 fully saturated rings. The van der Waals surface area contributed by atoms with E-state index in [-0.39, 0.29) is 11.6 Å². The Morgan fingerprint density at radius 2 is 2.18 bits per heavy atom. The minimum absolute atomic E-state index is 0.0329. The molecule has 2 N–H and O–H groups in total. The van der Waals surface area contributed by atoms with E-state index in [9.17, 15) is 0 Å². The zero-order valence-electron chi connectivity index (χ0n) is 11.7. The van der Waals surface area contributed by atoms with Crippen LogP contribution < -0.4 is 5.73 Å².